The molecule has 0 bridgehead atoms. The summed E-state index contributed by atoms with van der Waals surface area (Å²) in [5.41, 5.74) is -0.101. The molecule has 2 aliphatic rings. The van der Waals surface area contributed by atoms with Gasteiger partial charge in [0.15, 0.2) is 11.9 Å². The number of carbonyl (C=O) groups excluding carboxylic acids is 2. The van der Waals surface area contributed by atoms with Crippen LogP contribution >= 0.6 is 0 Å². The number of rotatable bonds is 14. The summed E-state index contributed by atoms with van der Waals surface area (Å²) < 4.78 is 17.5. The Morgan fingerprint density at radius 1 is 1.18 bits per heavy atom. The Morgan fingerprint density at radius 3 is 2.49 bits per heavy atom. The van der Waals surface area contributed by atoms with E-state index in [-0.39, 0.29) is 11.3 Å². The summed E-state index contributed by atoms with van der Waals surface area (Å²) in [5.74, 6) is -1.53. The summed E-state index contributed by atoms with van der Waals surface area (Å²) in [6.45, 7) is 14.9. The number of carbonyl (C=O) groups is 2. The second-order valence-corrected chi connectivity index (χ2v) is 12.5. The van der Waals surface area contributed by atoms with Gasteiger partial charge >= 0.3 is 0 Å². The van der Waals surface area contributed by atoms with Crippen molar-refractivity contribution in [2.24, 2.45) is 5.41 Å². The van der Waals surface area contributed by atoms with Gasteiger partial charge in [0.05, 0.1) is 0 Å². The van der Waals surface area contributed by atoms with Gasteiger partial charge in [-0.2, -0.15) is 0 Å². The molecule has 0 aliphatic carbocycles. The van der Waals surface area contributed by atoms with E-state index >= 15 is 0 Å². The van der Waals surface area contributed by atoms with E-state index in [9.17, 15) is 14.7 Å². The first-order valence-electron chi connectivity index (χ1n) is 14.8. The molecule has 2 N–H and O–H groups in total. The van der Waals surface area contributed by atoms with Crippen LogP contribution in [0, 0.1) is 5.41 Å². The fraction of sp³-hybridized carbons (Fsp3) is 0.806. The third-order valence-corrected chi connectivity index (χ3v) is 7.29. The third-order valence-electron chi connectivity index (χ3n) is 7.29. The minimum absolute atomic E-state index is 0.0403. The normalized spacial score (nSPS) is 26.8. The van der Waals surface area contributed by atoms with Crippen LogP contribution in [0.1, 0.15) is 98.8 Å². The van der Waals surface area contributed by atoms with Crippen molar-refractivity contribution in [1.29, 1.82) is 0 Å². The molecule has 0 aromatic carbocycles. The van der Waals surface area contributed by atoms with Gasteiger partial charge in [-0.05, 0) is 57.8 Å². The Labute approximate surface area is 236 Å². The molecule has 8 heteroatoms. The number of hydrogen-bond acceptors (Lipinski definition) is 6. The van der Waals surface area contributed by atoms with E-state index in [4.69, 9.17) is 14.2 Å². The van der Waals surface area contributed by atoms with E-state index in [1.165, 1.54) is 32.8 Å². The molecule has 2 aliphatic heterocycles. The number of hydrogen-bond donors (Lipinski definition) is 2. The van der Waals surface area contributed by atoms with Gasteiger partial charge in [-0.1, -0.05) is 64.7 Å². The van der Waals surface area contributed by atoms with E-state index in [1.807, 2.05) is 23.1 Å². The first-order valence-corrected chi connectivity index (χ1v) is 14.8. The van der Waals surface area contributed by atoms with Crippen LogP contribution in [0.25, 0.3) is 0 Å². The van der Waals surface area contributed by atoms with Crippen molar-refractivity contribution in [2.75, 3.05) is 20.2 Å². The van der Waals surface area contributed by atoms with E-state index < -0.39 is 42.2 Å². The highest BCUT2D eigenvalue weighted by Gasteiger charge is 2.48. The molecule has 0 aromatic rings. The molecular weight excluding hydrogens is 496 g/mol. The number of ether oxygens (including phenoxy) is 3. The lowest BCUT2D eigenvalue weighted by Gasteiger charge is -2.45. The summed E-state index contributed by atoms with van der Waals surface area (Å²) in [4.78, 5) is 28.7. The maximum absolute atomic E-state index is 13.4. The van der Waals surface area contributed by atoms with Crippen LogP contribution in [-0.4, -0.2) is 78.3 Å². The molecule has 2 amide bonds. The Morgan fingerprint density at radius 2 is 1.85 bits per heavy atom. The lowest BCUT2D eigenvalue weighted by Crippen LogP contribution is -2.62. The predicted octanol–water partition coefficient (Wildman–Crippen LogP) is 4.90. The largest absolute Gasteiger partial charge is 0.387 e. The molecule has 39 heavy (non-hydrogen) atoms. The van der Waals surface area contributed by atoms with E-state index in [2.05, 4.69) is 32.7 Å². The minimum Gasteiger partial charge on any atom is -0.387 e. The van der Waals surface area contributed by atoms with Crippen LogP contribution in [0.5, 0.6) is 0 Å². The maximum atomic E-state index is 13.4. The number of amides is 2. The topological polar surface area (TPSA) is 97.3 Å². The predicted molar refractivity (Wildman–Crippen MR) is 154 cm³/mol. The maximum Gasteiger partial charge on any atom is 0.252 e. The van der Waals surface area contributed by atoms with Crippen LogP contribution in [0.2, 0.25) is 0 Å². The summed E-state index contributed by atoms with van der Waals surface area (Å²) in [7, 11) is 1.42. The molecule has 8 nitrogen and oxygen atoms in total. The zero-order valence-electron chi connectivity index (χ0n) is 25.2. The van der Waals surface area contributed by atoms with Crippen molar-refractivity contribution in [3.63, 3.8) is 0 Å². The summed E-state index contributed by atoms with van der Waals surface area (Å²) in [5, 5.41) is 14.0. The molecule has 0 aromatic heterocycles. The number of aliphatic hydroxyl groups excluding tert-OH is 1. The highest BCUT2D eigenvalue weighted by Crippen LogP contribution is 2.31. The number of likely N-dealkylation sites (tertiary alicyclic amines) is 1. The van der Waals surface area contributed by atoms with Gasteiger partial charge in [0.1, 0.15) is 24.4 Å². The summed E-state index contributed by atoms with van der Waals surface area (Å²) >= 11 is 0. The molecule has 0 saturated carbocycles. The molecule has 2 fully saturated rings. The van der Waals surface area contributed by atoms with Crippen molar-refractivity contribution in [2.45, 2.75) is 135 Å². The van der Waals surface area contributed by atoms with Crippen molar-refractivity contribution < 1.29 is 28.9 Å². The Balaban J connectivity index is 1.99. The fourth-order valence-corrected chi connectivity index (χ4v) is 5.19. The second-order valence-electron chi connectivity index (χ2n) is 12.5. The highest BCUT2D eigenvalue weighted by molar-refractivity contribution is 5.90. The van der Waals surface area contributed by atoms with E-state index in [0.29, 0.717) is 13.0 Å². The fourth-order valence-electron chi connectivity index (χ4n) is 5.19. The van der Waals surface area contributed by atoms with Crippen LogP contribution in [0.4, 0.5) is 0 Å². The molecule has 5 atom stereocenters. The molecule has 0 radical (unpaired) electrons. The van der Waals surface area contributed by atoms with Gasteiger partial charge in [0.2, 0.25) is 5.91 Å². The zero-order chi connectivity index (χ0) is 29.1. The summed E-state index contributed by atoms with van der Waals surface area (Å²) in [6.07, 6.45) is 12.2. The first-order chi connectivity index (χ1) is 18.4. The minimum atomic E-state index is -1.12. The molecule has 224 valence electrons. The van der Waals surface area contributed by atoms with Crippen LogP contribution in [0.3, 0.4) is 0 Å². The smallest absolute Gasteiger partial charge is 0.252 e. The highest BCUT2D eigenvalue weighted by atomic mass is 16.7. The van der Waals surface area contributed by atoms with Crippen molar-refractivity contribution in [3.8, 4) is 0 Å². The molecule has 0 unspecified atom stereocenters. The number of allylic oxidation sites excluding steroid dienone is 2. The van der Waals surface area contributed by atoms with Crippen LogP contribution in [0.15, 0.2) is 24.8 Å². The van der Waals surface area contributed by atoms with Gasteiger partial charge in [0, 0.05) is 20.2 Å². The third kappa shape index (κ3) is 11.3. The van der Waals surface area contributed by atoms with Gasteiger partial charge in [-0.3, -0.25) is 9.59 Å². The first kappa shape index (κ1) is 33.5. The zero-order valence-corrected chi connectivity index (χ0v) is 25.2. The van der Waals surface area contributed by atoms with E-state index in [0.717, 1.165) is 38.6 Å². The Hall–Kier alpha value is -1.74. The number of nitrogens with one attached hydrogen (secondary N) is 1. The molecule has 0 spiro atoms. The van der Waals surface area contributed by atoms with Gasteiger partial charge < -0.3 is 29.5 Å². The van der Waals surface area contributed by atoms with Crippen molar-refractivity contribution in [3.05, 3.63) is 24.8 Å². The van der Waals surface area contributed by atoms with Gasteiger partial charge in [-0.25, -0.2) is 0 Å². The Kier molecular flexibility index (Phi) is 13.6. The monoisotopic (exact) mass is 550 g/mol. The average Bonchev–Trinajstić information content (AvgIpc) is 3.02. The molecule has 2 heterocycles. The van der Waals surface area contributed by atoms with Gasteiger partial charge in [0.25, 0.3) is 5.91 Å². The van der Waals surface area contributed by atoms with Gasteiger partial charge in [-0.15, -0.1) is 6.58 Å². The quantitative estimate of drug-likeness (QED) is 0.236. The molecule has 2 saturated heterocycles. The van der Waals surface area contributed by atoms with Crippen molar-refractivity contribution in [1.82, 2.24) is 10.2 Å². The molecule has 2 rings (SSSR count). The number of aliphatic hydroxyl groups is 1. The van der Waals surface area contributed by atoms with Crippen molar-refractivity contribution >= 4 is 11.8 Å². The standard InChI is InChI=1S/C31H54N2O6/c1-8-9-10-11-12-13-14-16-21-33-22-17-15-18-23(29(33)36)32-28(35)27(37-7)26-25(34)24(19-20-30(2,3)4)38-31(5,6)39-26/h8,19-20,23-27,34H,1,9-18,21-22H2,2-7H3,(H,32,35)/t23-,24+,25-,26+,27+/m0/s1. The lowest BCUT2D eigenvalue weighted by atomic mass is 9.93. The van der Waals surface area contributed by atoms with Crippen LogP contribution in [-0.2, 0) is 23.8 Å². The second kappa shape index (κ2) is 15.9. The van der Waals surface area contributed by atoms with E-state index in [1.54, 1.807) is 13.8 Å². The SMILES string of the molecule is C=CCCCCCCCCN1CCCC[C@H](NC(=O)[C@H](OC)[C@@H]2OC(C)(C)O[C@H](C=CC(C)(C)C)[C@@H]2O)C1=O. The number of nitrogens with zero attached hydrogens (tertiary/aromatic N) is 1. The van der Waals surface area contributed by atoms with Crippen LogP contribution < -0.4 is 5.32 Å². The summed E-state index contributed by atoms with van der Waals surface area (Å²) in [6, 6.07) is -0.613. The Bertz CT molecular complexity index is 805. The lowest BCUT2D eigenvalue weighted by molar-refractivity contribution is -0.334. The number of methoxy groups -OCH3 is 1. The average molecular weight is 551 g/mol. The number of unbranched alkanes of at least 4 members (excludes halogenated alkanes) is 6. The molecular formula is C31H54N2O6.